The first-order valence-electron chi connectivity index (χ1n) is 6.55. The maximum Gasteiger partial charge on any atom is 0.246 e. The Morgan fingerprint density at radius 2 is 1.95 bits per heavy atom. The number of benzene rings is 2. The van der Waals surface area contributed by atoms with Gasteiger partial charge in [0.1, 0.15) is 6.04 Å². The van der Waals surface area contributed by atoms with Crippen LogP contribution < -0.4 is 10.6 Å². The molecule has 21 heavy (non-hydrogen) atoms. The van der Waals surface area contributed by atoms with Gasteiger partial charge in [0.25, 0.3) is 0 Å². The highest BCUT2D eigenvalue weighted by molar-refractivity contribution is 9.10. The van der Waals surface area contributed by atoms with Gasteiger partial charge in [-0.3, -0.25) is 4.79 Å². The van der Waals surface area contributed by atoms with E-state index in [1.54, 1.807) is 24.3 Å². The van der Waals surface area contributed by atoms with Crippen LogP contribution in [0.1, 0.15) is 12.5 Å². The molecular weight excluding hydrogens is 352 g/mol. The summed E-state index contributed by atoms with van der Waals surface area (Å²) in [6.45, 7) is 3.82. The van der Waals surface area contributed by atoms with Crippen LogP contribution in [0, 0.1) is 6.92 Å². The van der Waals surface area contributed by atoms with E-state index in [0.29, 0.717) is 10.7 Å². The van der Waals surface area contributed by atoms with Crippen molar-refractivity contribution in [2.24, 2.45) is 0 Å². The van der Waals surface area contributed by atoms with Gasteiger partial charge in [-0.1, -0.05) is 33.6 Å². The molecule has 3 nitrogen and oxygen atoms in total. The zero-order valence-electron chi connectivity index (χ0n) is 11.8. The van der Waals surface area contributed by atoms with E-state index < -0.39 is 0 Å². The fourth-order valence-corrected chi connectivity index (χ4v) is 2.30. The molecule has 2 aromatic carbocycles. The van der Waals surface area contributed by atoms with Crippen molar-refractivity contribution >= 4 is 44.8 Å². The SMILES string of the molecule is Cc1cc(N[C@@H](C)C(=O)Nc2cccc(Cl)c2)ccc1Br. The summed E-state index contributed by atoms with van der Waals surface area (Å²) in [5.74, 6) is -0.113. The molecule has 5 heteroatoms. The highest BCUT2D eigenvalue weighted by Crippen LogP contribution is 2.21. The van der Waals surface area contributed by atoms with Gasteiger partial charge in [-0.25, -0.2) is 0 Å². The number of carbonyl (C=O) groups is 1. The van der Waals surface area contributed by atoms with E-state index in [4.69, 9.17) is 11.6 Å². The molecule has 0 saturated carbocycles. The van der Waals surface area contributed by atoms with Crippen LogP contribution in [0.25, 0.3) is 0 Å². The number of hydrogen-bond donors (Lipinski definition) is 2. The Morgan fingerprint density at radius 3 is 2.62 bits per heavy atom. The quantitative estimate of drug-likeness (QED) is 0.811. The second kappa shape index (κ2) is 6.96. The lowest BCUT2D eigenvalue weighted by Gasteiger charge is -2.16. The lowest BCUT2D eigenvalue weighted by molar-refractivity contribution is -0.116. The number of amides is 1. The molecule has 0 aliphatic rings. The van der Waals surface area contributed by atoms with Crippen molar-refractivity contribution < 1.29 is 4.79 Å². The van der Waals surface area contributed by atoms with E-state index in [1.807, 2.05) is 32.0 Å². The van der Waals surface area contributed by atoms with Gasteiger partial charge >= 0.3 is 0 Å². The number of aryl methyl sites for hydroxylation is 1. The zero-order valence-corrected chi connectivity index (χ0v) is 14.1. The monoisotopic (exact) mass is 366 g/mol. The molecular formula is C16H16BrClN2O. The van der Waals surface area contributed by atoms with Crippen LogP contribution in [0.2, 0.25) is 5.02 Å². The number of nitrogens with one attached hydrogen (secondary N) is 2. The molecule has 0 aromatic heterocycles. The van der Waals surface area contributed by atoms with Gasteiger partial charge in [-0.2, -0.15) is 0 Å². The van der Waals surface area contributed by atoms with Gasteiger partial charge in [-0.15, -0.1) is 0 Å². The number of anilines is 2. The van der Waals surface area contributed by atoms with Crippen LogP contribution in [0.4, 0.5) is 11.4 Å². The molecule has 0 spiro atoms. The molecule has 110 valence electrons. The smallest absolute Gasteiger partial charge is 0.246 e. The summed E-state index contributed by atoms with van der Waals surface area (Å²) in [6, 6.07) is 12.6. The highest BCUT2D eigenvalue weighted by Gasteiger charge is 2.13. The average molecular weight is 368 g/mol. The molecule has 1 amide bonds. The lowest BCUT2D eigenvalue weighted by atomic mass is 10.2. The first-order valence-corrected chi connectivity index (χ1v) is 7.72. The van der Waals surface area contributed by atoms with Gasteiger partial charge in [-0.05, 0) is 55.8 Å². The summed E-state index contributed by atoms with van der Waals surface area (Å²) in [4.78, 5) is 12.2. The molecule has 2 N–H and O–H groups in total. The molecule has 0 unspecified atom stereocenters. The molecule has 0 heterocycles. The van der Waals surface area contributed by atoms with Crippen molar-refractivity contribution in [3.8, 4) is 0 Å². The Hall–Kier alpha value is -1.52. The van der Waals surface area contributed by atoms with Crippen LogP contribution >= 0.6 is 27.5 Å². The Kier molecular flexibility index (Phi) is 5.26. The third-order valence-corrected chi connectivity index (χ3v) is 4.15. The topological polar surface area (TPSA) is 41.1 Å². The van der Waals surface area contributed by atoms with E-state index in [9.17, 15) is 4.79 Å². The molecule has 0 radical (unpaired) electrons. The molecule has 0 aliphatic carbocycles. The summed E-state index contributed by atoms with van der Waals surface area (Å²) in [6.07, 6.45) is 0. The number of hydrogen-bond acceptors (Lipinski definition) is 2. The summed E-state index contributed by atoms with van der Waals surface area (Å²) in [5, 5.41) is 6.61. The lowest BCUT2D eigenvalue weighted by Crippen LogP contribution is -2.31. The molecule has 0 aliphatic heterocycles. The first-order chi connectivity index (χ1) is 9.95. The molecule has 0 bridgehead atoms. The Bertz CT molecular complexity index is 660. The van der Waals surface area contributed by atoms with E-state index >= 15 is 0 Å². The van der Waals surface area contributed by atoms with Gasteiger partial charge in [0, 0.05) is 20.9 Å². The maximum absolute atomic E-state index is 12.2. The van der Waals surface area contributed by atoms with Crippen molar-refractivity contribution in [1.29, 1.82) is 0 Å². The van der Waals surface area contributed by atoms with Crippen LogP contribution in [-0.4, -0.2) is 11.9 Å². The minimum Gasteiger partial charge on any atom is -0.374 e. The molecule has 2 rings (SSSR count). The van der Waals surface area contributed by atoms with Crippen molar-refractivity contribution in [2.75, 3.05) is 10.6 Å². The standard InChI is InChI=1S/C16H16BrClN2O/c1-10-8-14(6-7-15(10)17)19-11(2)16(21)20-13-5-3-4-12(18)9-13/h3-9,11,19H,1-2H3,(H,20,21)/t11-/m0/s1. The van der Waals surface area contributed by atoms with Crippen LogP contribution in [0.3, 0.4) is 0 Å². The van der Waals surface area contributed by atoms with Crippen LogP contribution in [-0.2, 0) is 4.79 Å². The van der Waals surface area contributed by atoms with E-state index in [-0.39, 0.29) is 11.9 Å². The second-order valence-corrected chi connectivity index (χ2v) is 6.12. The Balaban J connectivity index is 2.00. The predicted octanol–water partition coefficient (Wildman–Crippen LogP) is 4.85. The van der Waals surface area contributed by atoms with Crippen LogP contribution in [0.5, 0.6) is 0 Å². The molecule has 2 aromatic rings. The minimum absolute atomic E-state index is 0.113. The fourth-order valence-electron chi connectivity index (χ4n) is 1.87. The van der Waals surface area contributed by atoms with Crippen molar-refractivity contribution in [2.45, 2.75) is 19.9 Å². The van der Waals surface area contributed by atoms with E-state index in [0.717, 1.165) is 15.7 Å². The molecule has 0 fully saturated rings. The summed E-state index contributed by atoms with van der Waals surface area (Å²) in [7, 11) is 0. The Morgan fingerprint density at radius 1 is 1.19 bits per heavy atom. The van der Waals surface area contributed by atoms with Gasteiger partial charge in [0.2, 0.25) is 5.91 Å². The molecule has 0 saturated heterocycles. The summed E-state index contributed by atoms with van der Waals surface area (Å²) in [5.41, 5.74) is 2.71. The number of halogens is 2. The highest BCUT2D eigenvalue weighted by atomic mass is 79.9. The third kappa shape index (κ3) is 4.48. The summed E-state index contributed by atoms with van der Waals surface area (Å²) >= 11 is 9.35. The van der Waals surface area contributed by atoms with E-state index in [2.05, 4.69) is 26.6 Å². The van der Waals surface area contributed by atoms with Crippen LogP contribution in [0.15, 0.2) is 46.9 Å². The number of carbonyl (C=O) groups excluding carboxylic acids is 1. The van der Waals surface area contributed by atoms with Crippen molar-refractivity contribution in [3.63, 3.8) is 0 Å². The van der Waals surface area contributed by atoms with E-state index in [1.165, 1.54) is 0 Å². The number of rotatable bonds is 4. The zero-order chi connectivity index (χ0) is 15.4. The second-order valence-electron chi connectivity index (χ2n) is 4.83. The van der Waals surface area contributed by atoms with Gasteiger partial charge in [0.05, 0.1) is 0 Å². The van der Waals surface area contributed by atoms with Crippen molar-refractivity contribution in [1.82, 2.24) is 0 Å². The van der Waals surface area contributed by atoms with Crippen molar-refractivity contribution in [3.05, 3.63) is 57.5 Å². The van der Waals surface area contributed by atoms with Gasteiger partial charge < -0.3 is 10.6 Å². The maximum atomic E-state index is 12.2. The molecule has 1 atom stereocenters. The van der Waals surface area contributed by atoms with Gasteiger partial charge in [0.15, 0.2) is 0 Å². The summed E-state index contributed by atoms with van der Waals surface area (Å²) < 4.78 is 1.05. The fraction of sp³-hybridized carbons (Fsp3) is 0.188. The third-order valence-electron chi connectivity index (χ3n) is 3.03. The minimum atomic E-state index is -0.357. The normalized spacial score (nSPS) is 11.8. The average Bonchev–Trinajstić information content (AvgIpc) is 2.43. The first kappa shape index (κ1) is 15.9. The predicted molar refractivity (Wildman–Crippen MR) is 92.0 cm³/mol. The Labute approximate surface area is 137 Å². The largest absolute Gasteiger partial charge is 0.374 e.